The van der Waals surface area contributed by atoms with Crippen LogP contribution in [0.4, 0.5) is 10.1 Å². The van der Waals surface area contributed by atoms with E-state index in [1.807, 2.05) is 30.3 Å². The molecule has 3 rings (SSSR count). The van der Waals surface area contributed by atoms with E-state index in [1.54, 1.807) is 27.3 Å². The van der Waals surface area contributed by atoms with Gasteiger partial charge < -0.3 is 24.6 Å². The van der Waals surface area contributed by atoms with Crippen LogP contribution >= 0.6 is 24.0 Å². The Balaban J connectivity index is 0.00000300. The highest BCUT2D eigenvalue weighted by atomic mass is 127. The number of rotatable bonds is 5. The highest BCUT2D eigenvalue weighted by Gasteiger charge is 2.21. The minimum atomic E-state index is -0.176. The molecule has 1 saturated heterocycles. The molecule has 0 atom stereocenters. The zero-order valence-corrected chi connectivity index (χ0v) is 19.4. The minimum absolute atomic E-state index is 0. The molecule has 29 heavy (non-hydrogen) atoms. The number of nitrogens with one attached hydrogen (secondary N) is 1. The van der Waals surface area contributed by atoms with E-state index in [9.17, 15) is 4.39 Å². The van der Waals surface area contributed by atoms with Gasteiger partial charge in [0.2, 0.25) is 0 Å². The Labute approximate surface area is 188 Å². The van der Waals surface area contributed by atoms with Crippen molar-refractivity contribution < 1.29 is 13.9 Å². The Bertz CT molecular complexity index is 826. The monoisotopic (exact) mass is 514 g/mol. The van der Waals surface area contributed by atoms with Crippen LogP contribution in [0.1, 0.15) is 5.56 Å². The summed E-state index contributed by atoms with van der Waals surface area (Å²) in [7, 11) is 5.06. The molecule has 0 saturated carbocycles. The number of ether oxygens (including phenoxy) is 2. The van der Waals surface area contributed by atoms with Crippen molar-refractivity contribution in [1.29, 1.82) is 0 Å². The van der Waals surface area contributed by atoms with E-state index < -0.39 is 0 Å². The second kappa shape index (κ2) is 11.1. The van der Waals surface area contributed by atoms with E-state index in [-0.39, 0.29) is 29.8 Å². The molecule has 0 radical (unpaired) electrons. The summed E-state index contributed by atoms with van der Waals surface area (Å²) in [6.07, 6.45) is 0. The van der Waals surface area contributed by atoms with E-state index in [0.717, 1.165) is 49.2 Å². The van der Waals surface area contributed by atoms with Gasteiger partial charge in [-0.3, -0.25) is 4.99 Å². The summed E-state index contributed by atoms with van der Waals surface area (Å²) >= 11 is 0. The maximum atomic E-state index is 14.0. The fraction of sp³-hybridized carbons (Fsp3) is 0.381. The third-order valence-electron chi connectivity index (χ3n) is 4.92. The van der Waals surface area contributed by atoms with Gasteiger partial charge in [0.25, 0.3) is 0 Å². The van der Waals surface area contributed by atoms with Crippen molar-refractivity contribution >= 4 is 35.6 Å². The van der Waals surface area contributed by atoms with Gasteiger partial charge in [-0.25, -0.2) is 4.39 Å². The van der Waals surface area contributed by atoms with Crippen LogP contribution in [-0.2, 0) is 6.54 Å². The predicted octanol–water partition coefficient (Wildman–Crippen LogP) is 3.36. The van der Waals surface area contributed by atoms with Gasteiger partial charge >= 0.3 is 0 Å². The lowest BCUT2D eigenvalue weighted by molar-refractivity contribution is 0.369. The standard InChI is InChI=1S/C21H27FN4O2.HI/c1-23-21(24-15-16-8-9-17(27-2)14-20(16)28-3)26-12-10-25(11-13-26)19-7-5-4-6-18(19)22;/h4-9,14H,10-13,15H2,1-3H3,(H,23,24);1H. The fourth-order valence-corrected chi connectivity index (χ4v) is 3.37. The van der Waals surface area contributed by atoms with Gasteiger partial charge in [-0.05, 0) is 24.3 Å². The summed E-state index contributed by atoms with van der Waals surface area (Å²) in [5, 5.41) is 3.40. The summed E-state index contributed by atoms with van der Waals surface area (Å²) in [5.41, 5.74) is 1.68. The smallest absolute Gasteiger partial charge is 0.194 e. The molecule has 1 fully saturated rings. The lowest BCUT2D eigenvalue weighted by Gasteiger charge is -2.37. The van der Waals surface area contributed by atoms with Crippen molar-refractivity contribution in [2.45, 2.75) is 6.54 Å². The van der Waals surface area contributed by atoms with Crippen LogP contribution in [0.3, 0.4) is 0 Å². The van der Waals surface area contributed by atoms with Gasteiger partial charge in [-0.15, -0.1) is 24.0 Å². The van der Waals surface area contributed by atoms with Crippen LogP contribution in [0.25, 0.3) is 0 Å². The minimum Gasteiger partial charge on any atom is -0.497 e. The molecule has 0 spiro atoms. The number of guanidine groups is 1. The quantitative estimate of drug-likeness (QED) is 0.377. The number of hydrogen-bond acceptors (Lipinski definition) is 4. The summed E-state index contributed by atoms with van der Waals surface area (Å²) in [4.78, 5) is 8.67. The van der Waals surface area contributed by atoms with E-state index >= 15 is 0 Å². The molecule has 158 valence electrons. The summed E-state index contributed by atoms with van der Waals surface area (Å²) in [6.45, 7) is 3.62. The first-order chi connectivity index (χ1) is 13.7. The predicted molar refractivity (Wildman–Crippen MR) is 125 cm³/mol. The summed E-state index contributed by atoms with van der Waals surface area (Å²) in [5.74, 6) is 2.18. The maximum absolute atomic E-state index is 14.0. The van der Waals surface area contributed by atoms with Gasteiger partial charge in [0.05, 0.1) is 19.9 Å². The van der Waals surface area contributed by atoms with Crippen LogP contribution in [0, 0.1) is 5.82 Å². The second-order valence-electron chi connectivity index (χ2n) is 6.50. The van der Waals surface area contributed by atoms with E-state index in [4.69, 9.17) is 9.47 Å². The lowest BCUT2D eigenvalue weighted by Crippen LogP contribution is -2.52. The largest absolute Gasteiger partial charge is 0.497 e. The molecular formula is C21H28FIN4O2. The van der Waals surface area contributed by atoms with Crippen LogP contribution in [0.2, 0.25) is 0 Å². The first kappa shape index (κ1) is 23.1. The average molecular weight is 514 g/mol. The highest BCUT2D eigenvalue weighted by molar-refractivity contribution is 14.0. The van der Waals surface area contributed by atoms with Crippen molar-refractivity contribution in [1.82, 2.24) is 10.2 Å². The van der Waals surface area contributed by atoms with Crippen molar-refractivity contribution in [3.63, 3.8) is 0 Å². The molecular weight excluding hydrogens is 486 g/mol. The Morgan fingerprint density at radius 3 is 2.41 bits per heavy atom. The van der Waals surface area contributed by atoms with Crippen molar-refractivity contribution in [3.05, 3.63) is 53.8 Å². The van der Waals surface area contributed by atoms with Gasteiger partial charge in [0.15, 0.2) is 5.96 Å². The molecule has 0 aromatic heterocycles. The Kier molecular flexibility index (Phi) is 8.81. The molecule has 0 bridgehead atoms. The first-order valence-corrected chi connectivity index (χ1v) is 9.32. The molecule has 2 aromatic carbocycles. The van der Waals surface area contributed by atoms with Crippen LogP contribution in [-0.4, -0.2) is 58.3 Å². The topological polar surface area (TPSA) is 49.3 Å². The summed E-state index contributed by atoms with van der Waals surface area (Å²) < 4.78 is 24.7. The number of anilines is 1. The SMILES string of the molecule is CN=C(NCc1ccc(OC)cc1OC)N1CCN(c2ccccc2F)CC1.I. The Hall–Kier alpha value is -2.23. The van der Waals surface area contributed by atoms with Crippen molar-refractivity contribution in [2.75, 3.05) is 52.3 Å². The second-order valence-corrected chi connectivity index (χ2v) is 6.50. The van der Waals surface area contributed by atoms with Gasteiger partial charge in [0.1, 0.15) is 17.3 Å². The molecule has 0 amide bonds. The zero-order chi connectivity index (χ0) is 19.9. The Morgan fingerprint density at radius 1 is 1.07 bits per heavy atom. The number of nitrogens with zero attached hydrogens (tertiary/aromatic N) is 3. The zero-order valence-electron chi connectivity index (χ0n) is 17.0. The van der Waals surface area contributed by atoms with Crippen LogP contribution in [0.5, 0.6) is 11.5 Å². The van der Waals surface area contributed by atoms with Crippen LogP contribution in [0.15, 0.2) is 47.5 Å². The Morgan fingerprint density at radius 2 is 1.79 bits per heavy atom. The van der Waals surface area contributed by atoms with Gasteiger partial charge in [0, 0.05) is 51.4 Å². The van der Waals surface area contributed by atoms with E-state index in [2.05, 4.69) is 20.1 Å². The summed E-state index contributed by atoms with van der Waals surface area (Å²) in [6, 6.07) is 12.7. The van der Waals surface area contributed by atoms with Gasteiger partial charge in [-0.2, -0.15) is 0 Å². The molecule has 6 nitrogen and oxygen atoms in total. The number of benzene rings is 2. The first-order valence-electron chi connectivity index (χ1n) is 9.32. The number of aliphatic imine (C=N–C) groups is 1. The fourth-order valence-electron chi connectivity index (χ4n) is 3.37. The molecule has 1 N–H and O–H groups in total. The number of hydrogen-bond donors (Lipinski definition) is 1. The third-order valence-corrected chi connectivity index (χ3v) is 4.92. The lowest BCUT2D eigenvalue weighted by atomic mass is 10.2. The average Bonchev–Trinajstić information content (AvgIpc) is 2.75. The molecule has 0 aliphatic carbocycles. The molecule has 0 unspecified atom stereocenters. The molecule has 1 aliphatic rings. The third kappa shape index (κ3) is 5.65. The molecule has 1 heterocycles. The van der Waals surface area contributed by atoms with Crippen LogP contribution < -0.4 is 19.7 Å². The number of methoxy groups -OCH3 is 2. The van der Waals surface area contributed by atoms with E-state index in [1.165, 1.54) is 6.07 Å². The number of piperazine rings is 1. The van der Waals surface area contributed by atoms with Crippen molar-refractivity contribution in [2.24, 2.45) is 4.99 Å². The molecule has 2 aromatic rings. The molecule has 1 aliphatic heterocycles. The normalized spacial score (nSPS) is 14.3. The number of halogens is 2. The van der Waals surface area contributed by atoms with Crippen molar-refractivity contribution in [3.8, 4) is 11.5 Å². The van der Waals surface area contributed by atoms with Gasteiger partial charge in [-0.1, -0.05) is 12.1 Å². The van der Waals surface area contributed by atoms with E-state index in [0.29, 0.717) is 12.2 Å². The highest BCUT2D eigenvalue weighted by Crippen LogP contribution is 2.24. The maximum Gasteiger partial charge on any atom is 0.194 e. The molecule has 8 heteroatoms. The number of para-hydroxylation sites is 1.